The molecule has 0 saturated heterocycles. The lowest BCUT2D eigenvalue weighted by atomic mass is 9.34. The lowest BCUT2D eigenvalue weighted by molar-refractivity contribution is -0.167. The molecule has 4 rings (SSSR count). The summed E-state index contributed by atoms with van der Waals surface area (Å²) in [6.45, 7) is 0.271. The highest BCUT2D eigenvalue weighted by Crippen LogP contribution is 2.73. The Balaban J connectivity index is 1.91. The molecule has 2 bridgehead atoms. The topological polar surface area (TPSA) is 20.2 Å². The number of hydrogen-bond donors (Lipinski definition) is 1. The molecule has 3 heteroatoms. The molecule has 1 aromatic rings. The number of benzene rings is 1. The molecule has 80 valence electrons. The third kappa shape index (κ3) is 1.12. The molecule has 1 N–H and O–H groups in total. The number of hydrogen-bond acceptors (Lipinski definition) is 1. The average Bonchev–Trinajstić information content (AvgIpc) is 2.04. The number of rotatable bonds is 2. The molecule has 0 atom stereocenters. The lowest BCUT2D eigenvalue weighted by Gasteiger charge is -2.70. The van der Waals surface area contributed by atoms with Gasteiger partial charge in [0.2, 0.25) is 0 Å². The van der Waals surface area contributed by atoms with Gasteiger partial charge in [-0.3, -0.25) is 0 Å². The first-order valence-corrected chi connectivity index (χ1v) is 5.54. The Bertz CT molecular complexity index is 410. The zero-order chi connectivity index (χ0) is 10.7. The second kappa shape index (κ2) is 2.74. The van der Waals surface area contributed by atoms with Crippen molar-refractivity contribution in [3.05, 3.63) is 34.6 Å². The van der Waals surface area contributed by atoms with E-state index in [2.05, 4.69) is 0 Å². The minimum Gasteiger partial charge on any atom is -0.396 e. The van der Waals surface area contributed by atoms with Crippen LogP contribution in [0.5, 0.6) is 0 Å². The van der Waals surface area contributed by atoms with Gasteiger partial charge in [-0.25, -0.2) is 4.39 Å². The van der Waals surface area contributed by atoms with Crippen molar-refractivity contribution in [1.29, 1.82) is 0 Å². The van der Waals surface area contributed by atoms with Gasteiger partial charge in [0.1, 0.15) is 5.82 Å². The van der Waals surface area contributed by atoms with Gasteiger partial charge in [0.05, 0.1) is 0 Å². The molecule has 0 aliphatic heterocycles. The normalized spacial score (nSPS) is 37.0. The Morgan fingerprint density at radius 1 is 1.33 bits per heavy atom. The van der Waals surface area contributed by atoms with Crippen LogP contribution in [0.4, 0.5) is 4.39 Å². The molecular weight excluding hydrogens is 215 g/mol. The maximum absolute atomic E-state index is 12.9. The molecular formula is C12H12ClFO. The first-order valence-electron chi connectivity index (χ1n) is 5.16. The van der Waals surface area contributed by atoms with E-state index in [4.69, 9.17) is 16.7 Å². The van der Waals surface area contributed by atoms with Crippen molar-refractivity contribution in [1.82, 2.24) is 0 Å². The van der Waals surface area contributed by atoms with E-state index in [-0.39, 0.29) is 23.3 Å². The summed E-state index contributed by atoms with van der Waals surface area (Å²) < 4.78 is 12.9. The van der Waals surface area contributed by atoms with Crippen LogP contribution in [0.1, 0.15) is 24.8 Å². The fraction of sp³-hybridized carbons (Fsp3) is 0.500. The van der Waals surface area contributed by atoms with Crippen LogP contribution in [0.25, 0.3) is 0 Å². The Morgan fingerprint density at radius 3 is 2.53 bits per heavy atom. The maximum Gasteiger partial charge on any atom is 0.124 e. The minimum atomic E-state index is -0.285. The van der Waals surface area contributed by atoms with Crippen molar-refractivity contribution in [2.75, 3.05) is 6.61 Å². The third-order valence-corrected chi connectivity index (χ3v) is 4.29. The molecule has 0 heterocycles. The summed E-state index contributed by atoms with van der Waals surface area (Å²) in [5.74, 6) is -0.285. The van der Waals surface area contributed by atoms with E-state index in [0.717, 1.165) is 24.8 Å². The standard InChI is InChI=1S/C12H12ClFO/c13-10-3-8(14)1-2-9(10)12-4-11(5-12,6-12)7-15/h1-3,15H,4-7H2. The largest absolute Gasteiger partial charge is 0.396 e. The van der Waals surface area contributed by atoms with Crippen LogP contribution in [-0.4, -0.2) is 11.7 Å². The van der Waals surface area contributed by atoms with E-state index in [1.54, 1.807) is 6.07 Å². The van der Waals surface area contributed by atoms with Gasteiger partial charge in [0.15, 0.2) is 0 Å². The molecule has 3 aliphatic carbocycles. The van der Waals surface area contributed by atoms with Crippen LogP contribution >= 0.6 is 11.6 Å². The number of aliphatic hydroxyl groups is 1. The second-order valence-corrected chi connectivity index (χ2v) is 5.50. The van der Waals surface area contributed by atoms with E-state index >= 15 is 0 Å². The van der Waals surface area contributed by atoms with Gasteiger partial charge in [0, 0.05) is 11.6 Å². The lowest BCUT2D eigenvalue weighted by Crippen LogP contribution is -2.66. The van der Waals surface area contributed by atoms with Gasteiger partial charge in [0.25, 0.3) is 0 Å². The molecule has 0 radical (unpaired) electrons. The van der Waals surface area contributed by atoms with Crippen LogP contribution in [0.3, 0.4) is 0 Å². The van der Waals surface area contributed by atoms with Gasteiger partial charge >= 0.3 is 0 Å². The highest BCUT2D eigenvalue weighted by molar-refractivity contribution is 6.31. The summed E-state index contributed by atoms with van der Waals surface area (Å²) in [5.41, 5.74) is 1.37. The summed E-state index contributed by atoms with van der Waals surface area (Å²) in [4.78, 5) is 0. The van der Waals surface area contributed by atoms with Gasteiger partial charge in [-0.1, -0.05) is 17.7 Å². The molecule has 0 spiro atoms. The molecule has 0 amide bonds. The molecule has 3 fully saturated rings. The van der Waals surface area contributed by atoms with Crippen molar-refractivity contribution in [3.63, 3.8) is 0 Å². The smallest absolute Gasteiger partial charge is 0.124 e. The van der Waals surface area contributed by atoms with Crippen LogP contribution in [0.2, 0.25) is 5.02 Å². The first kappa shape index (κ1) is 9.61. The summed E-state index contributed by atoms with van der Waals surface area (Å²) in [6, 6.07) is 4.63. The first-order chi connectivity index (χ1) is 7.09. The summed E-state index contributed by atoms with van der Waals surface area (Å²) in [5, 5.41) is 9.69. The van der Waals surface area contributed by atoms with Crippen LogP contribution in [-0.2, 0) is 5.41 Å². The molecule has 3 saturated carbocycles. The van der Waals surface area contributed by atoms with Gasteiger partial charge in [-0.05, 0) is 47.8 Å². The fourth-order valence-electron chi connectivity index (χ4n) is 3.37. The predicted molar refractivity (Wildman–Crippen MR) is 56.5 cm³/mol. The summed E-state index contributed by atoms with van der Waals surface area (Å²) >= 11 is 6.04. The summed E-state index contributed by atoms with van der Waals surface area (Å²) in [6.07, 6.45) is 3.01. The van der Waals surface area contributed by atoms with E-state index in [0.29, 0.717) is 5.02 Å². The predicted octanol–water partition coefficient (Wildman–Crippen LogP) is 2.89. The molecule has 0 unspecified atom stereocenters. The van der Waals surface area contributed by atoms with E-state index in [9.17, 15) is 4.39 Å². The zero-order valence-corrected chi connectivity index (χ0v) is 9.02. The van der Waals surface area contributed by atoms with Gasteiger partial charge in [-0.15, -0.1) is 0 Å². The van der Waals surface area contributed by atoms with Crippen molar-refractivity contribution in [2.24, 2.45) is 5.41 Å². The number of halogens is 2. The van der Waals surface area contributed by atoms with Crippen LogP contribution in [0.15, 0.2) is 18.2 Å². The second-order valence-electron chi connectivity index (χ2n) is 5.09. The molecule has 1 nitrogen and oxygen atoms in total. The van der Waals surface area contributed by atoms with Gasteiger partial charge in [-0.2, -0.15) is 0 Å². The Kier molecular flexibility index (Phi) is 1.76. The zero-order valence-electron chi connectivity index (χ0n) is 8.26. The maximum atomic E-state index is 12.9. The molecule has 0 aromatic heterocycles. The highest BCUT2D eigenvalue weighted by Gasteiger charge is 2.68. The van der Waals surface area contributed by atoms with Crippen molar-refractivity contribution in [2.45, 2.75) is 24.7 Å². The van der Waals surface area contributed by atoms with Crippen molar-refractivity contribution >= 4 is 11.6 Å². The van der Waals surface area contributed by atoms with Gasteiger partial charge < -0.3 is 5.11 Å². The highest BCUT2D eigenvalue weighted by atomic mass is 35.5. The Morgan fingerprint density at radius 2 is 2.00 bits per heavy atom. The minimum absolute atomic E-state index is 0.146. The van der Waals surface area contributed by atoms with E-state index < -0.39 is 0 Å². The third-order valence-electron chi connectivity index (χ3n) is 3.98. The van der Waals surface area contributed by atoms with Crippen molar-refractivity contribution < 1.29 is 9.50 Å². The average molecular weight is 227 g/mol. The van der Waals surface area contributed by atoms with Crippen LogP contribution in [0, 0.1) is 11.2 Å². The Labute approximate surface area is 92.9 Å². The SMILES string of the molecule is OCC12CC(c3ccc(F)cc3Cl)(C1)C2. The monoisotopic (exact) mass is 226 g/mol. The van der Waals surface area contributed by atoms with Crippen molar-refractivity contribution in [3.8, 4) is 0 Å². The molecule has 1 aromatic carbocycles. The van der Waals surface area contributed by atoms with E-state index in [1.807, 2.05) is 0 Å². The van der Waals surface area contributed by atoms with Crippen LogP contribution < -0.4 is 0 Å². The fourth-order valence-corrected chi connectivity index (χ4v) is 3.74. The molecule has 3 aliphatic rings. The quantitative estimate of drug-likeness (QED) is 0.822. The Hall–Kier alpha value is -0.600. The summed E-state index contributed by atoms with van der Waals surface area (Å²) in [7, 11) is 0. The molecule has 15 heavy (non-hydrogen) atoms. The van der Waals surface area contributed by atoms with E-state index in [1.165, 1.54) is 12.1 Å². The number of aliphatic hydroxyl groups excluding tert-OH is 1.